The Kier molecular flexibility index (Phi) is 5.20. The summed E-state index contributed by atoms with van der Waals surface area (Å²) in [4.78, 5) is 12.1. The van der Waals surface area contributed by atoms with Crippen molar-refractivity contribution in [2.75, 3.05) is 6.61 Å². The molecule has 0 saturated heterocycles. The molecule has 0 amide bonds. The maximum Gasteiger partial charge on any atom is 0.207 e. The highest BCUT2D eigenvalue weighted by molar-refractivity contribution is 9.10. The van der Waals surface area contributed by atoms with Gasteiger partial charge in [0.25, 0.3) is 0 Å². The van der Waals surface area contributed by atoms with Gasteiger partial charge in [0.15, 0.2) is 5.69 Å². The maximum atomic E-state index is 12.1. The molecule has 0 spiro atoms. The third-order valence-corrected chi connectivity index (χ3v) is 3.47. The molecule has 1 aromatic carbocycles. The summed E-state index contributed by atoms with van der Waals surface area (Å²) in [5.74, 6) is 0.472. The van der Waals surface area contributed by atoms with Gasteiger partial charge in [-0.05, 0) is 37.3 Å². The molecule has 2 aromatic rings. The van der Waals surface area contributed by atoms with Gasteiger partial charge in [-0.25, -0.2) is 0 Å². The van der Waals surface area contributed by atoms with Gasteiger partial charge in [0.05, 0.1) is 11.6 Å². The third-order valence-electron chi connectivity index (χ3n) is 2.70. The van der Waals surface area contributed by atoms with Crippen LogP contribution in [0.2, 0.25) is 5.02 Å². The lowest BCUT2D eigenvalue weighted by molar-refractivity contribution is 0.104. The Hall–Kier alpha value is -1.59. The second-order valence-corrected chi connectivity index (χ2v) is 5.63. The van der Waals surface area contributed by atoms with E-state index in [0.717, 1.165) is 15.8 Å². The van der Waals surface area contributed by atoms with Crippen molar-refractivity contribution in [2.24, 2.45) is 7.05 Å². The van der Waals surface area contributed by atoms with Crippen molar-refractivity contribution in [1.82, 2.24) is 9.78 Å². The topological polar surface area (TPSA) is 44.1 Å². The molecule has 110 valence electrons. The summed E-state index contributed by atoms with van der Waals surface area (Å²) in [6.45, 7) is 2.47. The zero-order chi connectivity index (χ0) is 15.4. The molecule has 2 rings (SSSR count). The molecule has 0 aliphatic rings. The highest BCUT2D eigenvalue weighted by Crippen LogP contribution is 2.25. The van der Waals surface area contributed by atoms with Crippen LogP contribution in [0.15, 0.2) is 34.9 Å². The molecule has 0 aliphatic carbocycles. The Morgan fingerprint density at radius 2 is 2.29 bits per heavy atom. The SMILES string of the molecule is CCOc1ccc(Br)cc1/C=C/C(=O)c1nn(C)cc1Cl. The predicted octanol–water partition coefficient (Wildman–Crippen LogP) is 4.13. The minimum atomic E-state index is -0.247. The van der Waals surface area contributed by atoms with Gasteiger partial charge in [0.1, 0.15) is 5.75 Å². The van der Waals surface area contributed by atoms with E-state index >= 15 is 0 Å². The van der Waals surface area contributed by atoms with Crippen LogP contribution in [0.3, 0.4) is 0 Å². The number of hydrogen-bond acceptors (Lipinski definition) is 3. The lowest BCUT2D eigenvalue weighted by atomic mass is 10.1. The minimum Gasteiger partial charge on any atom is -0.493 e. The zero-order valence-corrected chi connectivity index (χ0v) is 14.0. The summed E-state index contributed by atoms with van der Waals surface area (Å²) in [5.41, 5.74) is 1.05. The number of ether oxygens (including phenoxy) is 1. The normalized spacial score (nSPS) is 11.0. The minimum absolute atomic E-state index is 0.239. The average Bonchev–Trinajstić information content (AvgIpc) is 2.78. The van der Waals surface area contributed by atoms with Crippen LogP contribution < -0.4 is 4.74 Å². The fourth-order valence-corrected chi connectivity index (χ4v) is 2.46. The quantitative estimate of drug-likeness (QED) is 0.588. The number of halogens is 2. The van der Waals surface area contributed by atoms with E-state index in [-0.39, 0.29) is 11.5 Å². The number of ketones is 1. The monoisotopic (exact) mass is 368 g/mol. The lowest BCUT2D eigenvalue weighted by Crippen LogP contribution is -1.99. The molecule has 4 nitrogen and oxygen atoms in total. The van der Waals surface area contributed by atoms with Crippen LogP contribution in [0.1, 0.15) is 23.0 Å². The Morgan fingerprint density at radius 3 is 2.90 bits per heavy atom. The van der Waals surface area contributed by atoms with Crippen molar-refractivity contribution in [3.8, 4) is 5.75 Å². The Bertz CT molecular complexity index is 695. The molecule has 0 radical (unpaired) electrons. The number of benzene rings is 1. The fraction of sp³-hybridized carbons (Fsp3) is 0.200. The van der Waals surface area contributed by atoms with Crippen LogP contribution in [-0.2, 0) is 7.05 Å². The fourth-order valence-electron chi connectivity index (χ4n) is 1.81. The number of hydrogen-bond donors (Lipinski definition) is 0. The predicted molar refractivity (Wildman–Crippen MR) is 86.9 cm³/mol. The summed E-state index contributed by atoms with van der Waals surface area (Å²) in [6, 6.07) is 5.63. The molecule has 0 atom stereocenters. The van der Waals surface area contributed by atoms with E-state index in [2.05, 4.69) is 21.0 Å². The van der Waals surface area contributed by atoms with Crippen LogP contribution in [0, 0.1) is 0 Å². The standard InChI is InChI=1S/C15H14BrClN2O2/c1-3-21-14-7-5-11(16)8-10(14)4-6-13(20)15-12(17)9-19(2)18-15/h4-9H,3H2,1-2H3/b6-4+. The number of carbonyl (C=O) groups excluding carboxylic acids is 1. The van der Waals surface area contributed by atoms with Crippen molar-refractivity contribution in [2.45, 2.75) is 6.92 Å². The number of aryl methyl sites for hydroxylation is 1. The first kappa shape index (κ1) is 15.8. The van der Waals surface area contributed by atoms with Crippen molar-refractivity contribution in [3.05, 3.63) is 51.2 Å². The van der Waals surface area contributed by atoms with Crippen molar-refractivity contribution >= 4 is 39.4 Å². The van der Waals surface area contributed by atoms with Crippen LogP contribution in [0.4, 0.5) is 0 Å². The third kappa shape index (κ3) is 3.95. The number of aromatic nitrogens is 2. The van der Waals surface area contributed by atoms with Gasteiger partial charge < -0.3 is 4.74 Å². The highest BCUT2D eigenvalue weighted by Gasteiger charge is 2.12. The average molecular weight is 370 g/mol. The summed E-state index contributed by atoms with van der Waals surface area (Å²) >= 11 is 9.36. The Balaban J connectivity index is 2.26. The van der Waals surface area contributed by atoms with E-state index in [1.54, 1.807) is 19.3 Å². The Morgan fingerprint density at radius 1 is 1.52 bits per heavy atom. The summed E-state index contributed by atoms with van der Waals surface area (Å²) in [6.07, 6.45) is 4.73. The van der Waals surface area contributed by atoms with Gasteiger partial charge in [0.2, 0.25) is 5.78 Å². The van der Waals surface area contributed by atoms with Gasteiger partial charge in [-0.1, -0.05) is 27.5 Å². The molecular weight excluding hydrogens is 356 g/mol. The van der Waals surface area contributed by atoms with Gasteiger partial charge in [-0.3, -0.25) is 9.48 Å². The number of nitrogens with zero attached hydrogens (tertiary/aromatic N) is 2. The highest BCUT2D eigenvalue weighted by atomic mass is 79.9. The van der Waals surface area contributed by atoms with E-state index in [1.807, 2.05) is 25.1 Å². The Labute approximate surface area is 136 Å². The zero-order valence-electron chi connectivity index (χ0n) is 11.6. The van der Waals surface area contributed by atoms with Crippen molar-refractivity contribution in [1.29, 1.82) is 0 Å². The largest absolute Gasteiger partial charge is 0.493 e. The molecule has 6 heteroatoms. The first-order valence-corrected chi connectivity index (χ1v) is 7.52. The summed E-state index contributed by atoms with van der Waals surface area (Å²) < 4.78 is 7.95. The molecule has 0 unspecified atom stereocenters. The summed E-state index contributed by atoms with van der Waals surface area (Å²) in [7, 11) is 1.72. The second-order valence-electron chi connectivity index (χ2n) is 4.31. The maximum absolute atomic E-state index is 12.1. The van der Waals surface area contributed by atoms with Crippen LogP contribution in [0.25, 0.3) is 6.08 Å². The van der Waals surface area contributed by atoms with E-state index < -0.39 is 0 Å². The van der Waals surface area contributed by atoms with E-state index in [1.165, 1.54) is 10.8 Å². The molecule has 21 heavy (non-hydrogen) atoms. The van der Waals surface area contributed by atoms with Crippen LogP contribution >= 0.6 is 27.5 Å². The lowest BCUT2D eigenvalue weighted by Gasteiger charge is -2.07. The van der Waals surface area contributed by atoms with Gasteiger partial charge >= 0.3 is 0 Å². The first-order chi connectivity index (χ1) is 10.0. The van der Waals surface area contributed by atoms with Crippen LogP contribution in [-0.4, -0.2) is 22.2 Å². The molecular formula is C15H14BrClN2O2. The second kappa shape index (κ2) is 6.91. The first-order valence-electron chi connectivity index (χ1n) is 6.35. The van der Waals surface area contributed by atoms with Gasteiger partial charge in [-0.2, -0.15) is 5.10 Å². The summed E-state index contributed by atoms with van der Waals surface area (Å²) in [5, 5.41) is 4.38. The van der Waals surface area contributed by atoms with E-state index in [9.17, 15) is 4.79 Å². The molecule has 0 bridgehead atoms. The molecule has 1 aromatic heterocycles. The van der Waals surface area contributed by atoms with Gasteiger partial charge in [-0.15, -0.1) is 0 Å². The number of carbonyl (C=O) groups is 1. The number of allylic oxidation sites excluding steroid dienone is 1. The van der Waals surface area contributed by atoms with E-state index in [0.29, 0.717) is 11.6 Å². The molecule has 0 aliphatic heterocycles. The molecule has 0 N–H and O–H groups in total. The number of rotatable bonds is 5. The van der Waals surface area contributed by atoms with Gasteiger partial charge in [0, 0.05) is 23.3 Å². The van der Waals surface area contributed by atoms with Crippen LogP contribution in [0.5, 0.6) is 5.75 Å². The van der Waals surface area contributed by atoms with Crippen molar-refractivity contribution < 1.29 is 9.53 Å². The smallest absolute Gasteiger partial charge is 0.207 e. The molecule has 1 heterocycles. The molecule has 0 fully saturated rings. The van der Waals surface area contributed by atoms with E-state index in [4.69, 9.17) is 16.3 Å². The van der Waals surface area contributed by atoms with Crippen molar-refractivity contribution in [3.63, 3.8) is 0 Å². The molecule has 0 saturated carbocycles.